The van der Waals surface area contributed by atoms with Crippen LogP contribution in [0.1, 0.15) is 219 Å². The maximum absolute atomic E-state index is 12.6. The van der Waals surface area contributed by atoms with Crippen molar-refractivity contribution in [3.63, 3.8) is 0 Å². The van der Waals surface area contributed by atoms with Crippen molar-refractivity contribution >= 4 is 19.8 Å². The van der Waals surface area contributed by atoms with E-state index in [-0.39, 0.29) is 38.6 Å². The zero-order chi connectivity index (χ0) is 40.3. The van der Waals surface area contributed by atoms with Crippen LogP contribution in [-0.4, -0.2) is 49.3 Å². The Morgan fingerprint density at radius 3 is 1.31 bits per heavy atom. The molecule has 0 heterocycles. The molecule has 55 heavy (non-hydrogen) atoms. The Hall–Kier alpha value is -1.51. The summed E-state index contributed by atoms with van der Waals surface area (Å²) in [7, 11) is -4.38. The average molecular weight is 800 g/mol. The van der Waals surface area contributed by atoms with Crippen molar-refractivity contribution in [2.75, 3.05) is 26.4 Å². The van der Waals surface area contributed by atoms with E-state index in [4.69, 9.17) is 24.3 Å². The number of nitrogens with two attached hydrogens (primary N) is 1. The third-order valence-electron chi connectivity index (χ3n) is 9.81. The number of rotatable bonds is 43. The summed E-state index contributed by atoms with van der Waals surface area (Å²) in [4.78, 5) is 34.9. The van der Waals surface area contributed by atoms with Gasteiger partial charge in [0.15, 0.2) is 6.10 Å². The summed E-state index contributed by atoms with van der Waals surface area (Å²) < 4.78 is 32.8. The number of hydrogen-bond acceptors (Lipinski definition) is 8. The Bertz CT molecular complexity index is 959. The average Bonchev–Trinajstić information content (AvgIpc) is 3.17. The Morgan fingerprint density at radius 1 is 0.527 bits per heavy atom. The number of hydrogen-bond donors (Lipinski definition) is 2. The molecule has 2 atom stereocenters. The van der Waals surface area contributed by atoms with E-state index in [1.807, 2.05) is 0 Å². The first-order valence-corrected chi connectivity index (χ1v) is 24.3. The van der Waals surface area contributed by atoms with Gasteiger partial charge in [0.25, 0.3) is 0 Å². The van der Waals surface area contributed by atoms with E-state index in [9.17, 15) is 19.0 Å². The first kappa shape index (κ1) is 53.5. The van der Waals surface area contributed by atoms with Crippen LogP contribution in [0.3, 0.4) is 0 Å². The first-order valence-electron chi connectivity index (χ1n) is 22.8. The molecule has 0 aliphatic carbocycles. The van der Waals surface area contributed by atoms with Gasteiger partial charge in [0.1, 0.15) is 6.61 Å². The quantitative estimate of drug-likeness (QED) is 0.0267. The zero-order valence-corrected chi connectivity index (χ0v) is 36.6. The van der Waals surface area contributed by atoms with Gasteiger partial charge in [0.2, 0.25) is 0 Å². The van der Waals surface area contributed by atoms with E-state index in [1.54, 1.807) is 0 Å². The van der Waals surface area contributed by atoms with Crippen LogP contribution in [0.25, 0.3) is 0 Å². The van der Waals surface area contributed by atoms with Gasteiger partial charge in [-0.15, -0.1) is 0 Å². The highest BCUT2D eigenvalue weighted by atomic mass is 31.2. The molecule has 10 heteroatoms. The molecule has 9 nitrogen and oxygen atoms in total. The number of phosphoric acid groups is 1. The van der Waals surface area contributed by atoms with Crippen LogP contribution in [0, 0.1) is 0 Å². The number of carbonyl (C=O) groups is 2. The monoisotopic (exact) mass is 800 g/mol. The van der Waals surface area contributed by atoms with Crippen LogP contribution in [-0.2, 0) is 32.7 Å². The van der Waals surface area contributed by atoms with Crippen LogP contribution in [0.2, 0.25) is 0 Å². The molecule has 0 aliphatic rings. The van der Waals surface area contributed by atoms with E-state index in [2.05, 4.69) is 38.2 Å². The van der Waals surface area contributed by atoms with Crippen LogP contribution in [0.15, 0.2) is 24.3 Å². The fourth-order valence-corrected chi connectivity index (χ4v) is 7.15. The number of esters is 2. The van der Waals surface area contributed by atoms with Crippen LogP contribution in [0.4, 0.5) is 0 Å². The molecule has 324 valence electrons. The molecular weight excluding hydrogens is 713 g/mol. The van der Waals surface area contributed by atoms with Gasteiger partial charge in [-0.05, 0) is 64.2 Å². The largest absolute Gasteiger partial charge is 0.472 e. The highest BCUT2D eigenvalue weighted by Crippen LogP contribution is 2.43. The molecule has 0 aromatic rings. The minimum Gasteiger partial charge on any atom is -0.462 e. The van der Waals surface area contributed by atoms with Crippen molar-refractivity contribution in [1.82, 2.24) is 0 Å². The summed E-state index contributed by atoms with van der Waals surface area (Å²) in [6.07, 6.45) is 44.9. The van der Waals surface area contributed by atoms with Gasteiger partial charge in [0.05, 0.1) is 13.2 Å². The normalized spacial score (nSPS) is 13.5. The Morgan fingerprint density at radius 2 is 0.891 bits per heavy atom. The second kappa shape index (κ2) is 42.1. The van der Waals surface area contributed by atoms with Crippen molar-refractivity contribution in [1.29, 1.82) is 0 Å². The smallest absolute Gasteiger partial charge is 0.462 e. The summed E-state index contributed by atoms with van der Waals surface area (Å²) in [6, 6.07) is 0. The van der Waals surface area contributed by atoms with E-state index in [0.717, 1.165) is 57.8 Å². The number of carbonyl (C=O) groups excluding carboxylic acids is 2. The maximum Gasteiger partial charge on any atom is 0.472 e. The van der Waals surface area contributed by atoms with Gasteiger partial charge in [-0.2, -0.15) is 0 Å². The molecule has 3 N–H and O–H groups in total. The number of allylic oxidation sites excluding steroid dienone is 4. The minimum absolute atomic E-state index is 0.0531. The third-order valence-corrected chi connectivity index (χ3v) is 10.8. The van der Waals surface area contributed by atoms with Gasteiger partial charge >= 0.3 is 19.8 Å². The van der Waals surface area contributed by atoms with Gasteiger partial charge in [-0.1, -0.05) is 167 Å². The molecule has 0 aromatic heterocycles. The van der Waals surface area contributed by atoms with Gasteiger partial charge < -0.3 is 20.1 Å². The van der Waals surface area contributed by atoms with Crippen molar-refractivity contribution in [3.05, 3.63) is 24.3 Å². The number of phosphoric ester groups is 1. The fourth-order valence-electron chi connectivity index (χ4n) is 6.39. The van der Waals surface area contributed by atoms with Gasteiger partial charge in [-0.3, -0.25) is 18.6 Å². The van der Waals surface area contributed by atoms with E-state index in [1.165, 1.54) is 128 Å². The molecule has 0 aliphatic heterocycles. The Labute approximate surface area is 338 Å². The van der Waals surface area contributed by atoms with Crippen LogP contribution >= 0.6 is 7.82 Å². The lowest BCUT2D eigenvalue weighted by Gasteiger charge is -2.19. The molecule has 0 saturated carbocycles. The number of ether oxygens (including phenoxy) is 2. The standard InChI is InChI=1S/C45H86NO8P/c1-3-5-7-9-11-13-15-17-18-19-20-21-22-23-24-26-28-30-32-34-36-38-45(48)54-43(42-53-55(49,50)52-40-39-46)41-51-44(47)37-35-33-31-29-27-25-16-14-12-10-8-6-4-2/h14,16,19-20,43H,3-13,15,17-18,21-42,46H2,1-2H3,(H,49,50)/b16-14-,20-19-. The van der Waals surface area contributed by atoms with Crippen molar-refractivity contribution in [3.8, 4) is 0 Å². The minimum atomic E-state index is -4.38. The predicted molar refractivity (Wildman–Crippen MR) is 229 cm³/mol. The summed E-state index contributed by atoms with van der Waals surface area (Å²) in [5.41, 5.74) is 5.35. The summed E-state index contributed by atoms with van der Waals surface area (Å²) in [5, 5.41) is 0. The van der Waals surface area contributed by atoms with Crippen molar-refractivity contribution in [2.45, 2.75) is 225 Å². The molecule has 0 fully saturated rings. The molecule has 0 spiro atoms. The van der Waals surface area contributed by atoms with Crippen LogP contribution < -0.4 is 5.73 Å². The third kappa shape index (κ3) is 41.9. The Kier molecular flexibility index (Phi) is 40.9. The Balaban J connectivity index is 4.08. The van der Waals surface area contributed by atoms with Crippen molar-refractivity contribution < 1.29 is 37.6 Å². The zero-order valence-electron chi connectivity index (χ0n) is 35.7. The molecule has 0 bridgehead atoms. The van der Waals surface area contributed by atoms with Gasteiger partial charge in [-0.25, -0.2) is 4.57 Å². The lowest BCUT2D eigenvalue weighted by Crippen LogP contribution is -2.29. The highest BCUT2D eigenvalue weighted by molar-refractivity contribution is 7.47. The molecule has 0 rings (SSSR count). The van der Waals surface area contributed by atoms with Crippen molar-refractivity contribution in [2.24, 2.45) is 5.73 Å². The topological polar surface area (TPSA) is 134 Å². The molecule has 0 aromatic carbocycles. The molecular formula is C45H86NO8P. The summed E-state index contributed by atoms with van der Waals surface area (Å²) >= 11 is 0. The maximum atomic E-state index is 12.6. The first-order chi connectivity index (χ1) is 26.8. The molecule has 0 amide bonds. The predicted octanol–water partition coefficient (Wildman–Crippen LogP) is 13.2. The van der Waals surface area contributed by atoms with E-state index >= 15 is 0 Å². The SMILES string of the molecule is CCCCCC/C=C\CCCCCCCC(=O)OCC(COP(=O)(O)OCCN)OC(=O)CCCCCCCCCCC/C=C\CCCCCCCCCC. The lowest BCUT2D eigenvalue weighted by molar-refractivity contribution is -0.161. The molecule has 0 radical (unpaired) electrons. The second-order valence-electron chi connectivity index (χ2n) is 15.3. The fraction of sp³-hybridized carbons (Fsp3) is 0.867. The van der Waals surface area contributed by atoms with E-state index in [0.29, 0.717) is 6.42 Å². The van der Waals surface area contributed by atoms with Gasteiger partial charge in [0, 0.05) is 19.4 Å². The summed E-state index contributed by atoms with van der Waals surface area (Å²) in [6.45, 7) is 3.72. The lowest BCUT2D eigenvalue weighted by atomic mass is 10.1. The highest BCUT2D eigenvalue weighted by Gasteiger charge is 2.26. The molecule has 2 unspecified atom stereocenters. The summed E-state index contributed by atoms with van der Waals surface area (Å²) in [5.74, 6) is -0.835. The molecule has 0 saturated heterocycles. The number of unbranched alkanes of at least 4 members (excludes halogenated alkanes) is 26. The van der Waals surface area contributed by atoms with E-state index < -0.39 is 26.5 Å². The second-order valence-corrected chi connectivity index (χ2v) is 16.7. The van der Waals surface area contributed by atoms with Crippen LogP contribution in [0.5, 0.6) is 0 Å².